The van der Waals surface area contributed by atoms with Gasteiger partial charge < -0.3 is 71.8 Å². The number of benzene rings is 1. The Balaban J connectivity index is 3.35. The van der Waals surface area contributed by atoms with E-state index in [0.717, 1.165) is 0 Å². The van der Waals surface area contributed by atoms with Crippen LogP contribution in [0.15, 0.2) is 39.2 Å². The highest BCUT2D eigenvalue weighted by Gasteiger charge is 2.32. The zero-order valence-electron chi connectivity index (χ0n) is 32.8. The molecule has 57 heavy (non-hydrogen) atoms. The third kappa shape index (κ3) is 21.4. The van der Waals surface area contributed by atoms with E-state index in [1.165, 1.54) is 19.1 Å². The van der Waals surface area contributed by atoms with E-state index < -0.39 is 65.7 Å². The van der Waals surface area contributed by atoms with Crippen molar-refractivity contribution in [3.8, 4) is 5.75 Å². The number of aromatic hydroxyl groups is 1. The summed E-state index contributed by atoms with van der Waals surface area (Å²) in [4.78, 5) is 91.0. The van der Waals surface area contributed by atoms with Crippen LogP contribution in [0.5, 0.6) is 5.75 Å². The number of primary amides is 1. The second kappa shape index (κ2) is 25.7. The number of nitrogens with zero attached hydrogens (tertiary/aromatic N) is 3. The van der Waals surface area contributed by atoms with Crippen molar-refractivity contribution < 1.29 is 33.9 Å². The van der Waals surface area contributed by atoms with E-state index in [9.17, 15) is 33.9 Å². The van der Waals surface area contributed by atoms with Crippen LogP contribution in [0.2, 0.25) is 0 Å². The average Bonchev–Trinajstić information content (AvgIpc) is 3.11. The maximum absolute atomic E-state index is 13.9. The fraction of sp³-hybridized carbons (Fsp3) is 0.571. The summed E-state index contributed by atoms with van der Waals surface area (Å²) in [5.41, 5.74) is 38.7. The number of aliphatic imine (C=N–C) groups is 3. The number of hydrogen-bond donors (Lipinski definition) is 13. The molecule has 1 rings (SSSR count). The van der Waals surface area contributed by atoms with Gasteiger partial charge >= 0.3 is 0 Å². The van der Waals surface area contributed by atoms with Crippen molar-refractivity contribution in [2.75, 3.05) is 19.6 Å². The zero-order chi connectivity index (χ0) is 43.1. The first-order chi connectivity index (χ1) is 26.8. The molecule has 5 atom stereocenters. The molecule has 6 amide bonds. The van der Waals surface area contributed by atoms with Crippen LogP contribution in [0.3, 0.4) is 0 Å². The molecule has 0 spiro atoms. The molecule has 0 fully saturated rings. The van der Waals surface area contributed by atoms with E-state index >= 15 is 0 Å². The van der Waals surface area contributed by atoms with Gasteiger partial charge in [-0.1, -0.05) is 26.0 Å². The molecular weight excluding hydrogens is 742 g/mol. The summed E-state index contributed by atoms with van der Waals surface area (Å²) >= 11 is 0. The van der Waals surface area contributed by atoms with Gasteiger partial charge in [0.15, 0.2) is 17.9 Å². The van der Waals surface area contributed by atoms with E-state index in [0.29, 0.717) is 12.0 Å². The Hall–Kier alpha value is -6.35. The Bertz CT molecular complexity index is 1570. The first-order valence-corrected chi connectivity index (χ1v) is 18.5. The van der Waals surface area contributed by atoms with Gasteiger partial charge in [-0.2, -0.15) is 0 Å². The number of carbonyl (C=O) groups excluding carboxylic acids is 6. The van der Waals surface area contributed by atoms with Crippen LogP contribution in [0, 0.1) is 5.92 Å². The molecule has 0 bridgehead atoms. The smallest absolute Gasteiger partial charge is 0.243 e. The number of nitrogens with two attached hydrogens (primary N) is 7. The maximum Gasteiger partial charge on any atom is 0.243 e. The molecule has 0 aromatic heterocycles. The van der Waals surface area contributed by atoms with Crippen molar-refractivity contribution in [3.05, 3.63) is 29.8 Å². The summed E-state index contributed by atoms with van der Waals surface area (Å²) in [7, 11) is 0. The number of nitrogens with one attached hydrogen (secondary N) is 5. The third-order valence-corrected chi connectivity index (χ3v) is 8.17. The summed E-state index contributed by atoms with van der Waals surface area (Å²) in [6.07, 6.45) is 1.13. The van der Waals surface area contributed by atoms with Crippen LogP contribution < -0.4 is 66.7 Å². The van der Waals surface area contributed by atoms with Crippen molar-refractivity contribution in [1.29, 1.82) is 0 Å². The number of hydrogen-bond acceptors (Lipinski definition) is 10. The average molecular weight is 804 g/mol. The second-order valence-corrected chi connectivity index (χ2v) is 13.7. The lowest BCUT2D eigenvalue weighted by Crippen LogP contribution is -2.59. The molecule has 0 aliphatic heterocycles. The van der Waals surface area contributed by atoms with Crippen LogP contribution in [0.4, 0.5) is 0 Å². The Morgan fingerprint density at radius 2 is 0.912 bits per heavy atom. The monoisotopic (exact) mass is 803 g/mol. The van der Waals surface area contributed by atoms with Gasteiger partial charge in [-0.05, 0) is 68.6 Å². The molecule has 0 saturated carbocycles. The SMILES string of the molecule is CC(=O)N[C@@H](CCCN=C(N)N)C(=O)N[C@@H](CCCN=C(N)N)C(=O)N[C@@H](CC(C)C)C(=O)N[C@@H](CCCN=C(N)N)C(=O)N[C@@H](Cc1ccc(O)cc1)C(N)=O. The Kier molecular flexibility index (Phi) is 21.9. The van der Waals surface area contributed by atoms with E-state index in [2.05, 4.69) is 41.6 Å². The molecule has 0 unspecified atom stereocenters. The lowest BCUT2D eigenvalue weighted by atomic mass is 10.0. The summed E-state index contributed by atoms with van der Waals surface area (Å²) in [6, 6.07) is 0.112. The first-order valence-electron chi connectivity index (χ1n) is 18.5. The van der Waals surface area contributed by atoms with Crippen molar-refractivity contribution in [1.82, 2.24) is 26.6 Å². The van der Waals surface area contributed by atoms with E-state index in [1.54, 1.807) is 12.1 Å². The minimum Gasteiger partial charge on any atom is -0.508 e. The molecule has 0 aliphatic rings. The third-order valence-electron chi connectivity index (χ3n) is 8.17. The molecule has 22 nitrogen and oxygen atoms in total. The van der Waals surface area contributed by atoms with Crippen LogP contribution >= 0.6 is 0 Å². The van der Waals surface area contributed by atoms with Crippen LogP contribution in [0.1, 0.15) is 71.3 Å². The highest BCUT2D eigenvalue weighted by Crippen LogP contribution is 2.13. The Morgan fingerprint density at radius 1 is 0.561 bits per heavy atom. The molecule has 0 saturated heterocycles. The normalized spacial score (nSPS) is 13.3. The molecule has 22 heteroatoms. The van der Waals surface area contributed by atoms with Crippen molar-refractivity contribution in [2.45, 2.75) is 102 Å². The van der Waals surface area contributed by atoms with Crippen molar-refractivity contribution >= 4 is 53.3 Å². The predicted octanol–water partition coefficient (Wildman–Crippen LogP) is -3.93. The van der Waals surface area contributed by atoms with Gasteiger partial charge in [0.2, 0.25) is 35.4 Å². The first kappa shape index (κ1) is 48.7. The minimum absolute atomic E-state index is 0.00257. The van der Waals surface area contributed by atoms with Gasteiger partial charge in [0, 0.05) is 33.0 Å². The fourth-order valence-corrected chi connectivity index (χ4v) is 5.45. The number of rotatable bonds is 26. The number of amides is 6. The van der Waals surface area contributed by atoms with E-state index in [4.69, 9.17) is 40.1 Å². The number of carbonyl (C=O) groups is 6. The summed E-state index contributed by atoms with van der Waals surface area (Å²) < 4.78 is 0. The molecule has 20 N–H and O–H groups in total. The topological polar surface area (TPSA) is 402 Å². The Labute approximate surface area is 332 Å². The van der Waals surface area contributed by atoms with Crippen LogP contribution in [-0.2, 0) is 35.2 Å². The minimum atomic E-state index is -1.23. The summed E-state index contributed by atoms with van der Waals surface area (Å²) in [5, 5.41) is 22.8. The largest absolute Gasteiger partial charge is 0.508 e. The van der Waals surface area contributed by atoms with Crippen LogP contribution in [-0.4, -0.2) is 108 Å². The molecule has 1 aromatic carbocycles. The molecule has 0 aliphatic carbocycles. The summed E-state index contributed by atoms with van der Waals surface area (Å²) in [5.74, 6) is -4.79. The van der Waals surface area contributed by atoms with Gasteiger partial charge in [-0.25, -0.2) is 0 Å². The number of guanidine groups is 3. The highest BCUT2D eigenvalue weighted by molar-refractivity contribution is 5.96. The van der Waals surface area contributed by atoms with E-state index in [1.807, 2.05) is 13.8 Å². The zero-order valence-corrected chi connectivity index (χ0v) is 32.8. The lowest BCUT2D eigenvalue weighted by Gasteiger charge is -2.27. The van der Waals surface area contributed by atoms with E-state index in [-0.39, 0.29) is 94.1 Å². The molecule has 0 radical (unpaired) electrons. The van der Waals surface area contributed by atoms with Gasteiger partial charge in [-0.3, -0.25) is 43.7 Å². The Morgan fingerprint density at radius 3 is 1.26 bits per heavy atom. The second-order valence-electron chi connectivity index (χ2n) is 13.7. The fourth-order valence-electron chi connectivity index (χ4n) is 5.45. The predicted molar refractivity (Wildman–Crippen MR) is 216 cm³/mol. The number of phenols is 1. The molecule has 318 valence electrons. The quantitative estimate of drug-likeness (QED) is 0.0242. The van der Waals surface area contributed by atoms with Gasteiger partial charge in [-0.15, -0.1) is 0 Å². The van der Waals surface area contributed by atoms with Gasteiger partial charge in [0.1, 0.15) is 36.0 Å². The molecular formula is C35H61N15O7. The lowest BCUT2D eigenvalue weighted by molar-refractivity contribution is -0.135. The van der Waals surface area contributed by atoms with Gasteiger partial charge in [0.25, 0.3) is 0 Å². The molecule has 1 aromatic rings. The van der Waals surface area contributed by atoms with Crippen molar-refractivity contribution in [3.63, 3.8) is 0 Å². The molecule has 0 heterocycles. The maximum atomic E-state index is 13.9. The highest BCUT2D eigenvalue weighted by atomic mass is 16.3. The standard InChI is InChI=1S/C35H61N15O7/c1-19(2)17-27(50-31(56)25(9-6-16-45-35(41)42)47-29(54)23(46-20(3)51)7-4-14-43-33(37)38)32(57)48-24(8-5-15-44-34(39)40)30(55)49-26(28(36)53)18-21-10-12-22(52)13-11-21/h10-13,19,23-27,52H,4-9,14-18H2,1-3H3,(H2,36,53)(H,46,51)(H,47,54)(H,48,57)(H,49,55)(H,50,56)(H4,37,38,43)(H4,39,40,44)(H4,41,42,45)/t23-,24-,25-,26-,27-/m0/s1. The number of phenolic OH excluding ortho intramolecular Hbond substituents is 1. The summed E-state index contributed by atoms with van der Waals surface area (Å²) in [6.45, 7) is 5.32. The van der Waals surface area contributed by atoms with Crippen molar-refractivity contribution in [2.24, 2.45) is 61.0 Å². The van der Waals surface area contributed by atoms with Gasteiger partial charge in [0.05, 0.1) is 0 Å². The van der Waals surface area contributed by atoms with Crippen LogP contribution in [0.25, 0.3) is 0 Å².